The number of hydrogen-bond acceptors (Lipinski definition) is 4. The maximum atomic E-state index is 5.59. The summed E-state index contributed by atoms with van der Waals surface area (Å²) in [6, 6.07) is 4.17. The second-order valence-electron chi connectivity index (χ2n) is 6.11. The first-order valence-corrected chi connectivity index (χ1v) is 7.34. The molecule has 1 unspecified atom stereocenters. The van der Waals surface area contributed by atoms with Crippen LogP contribution in [-0.2, 0) is 6.42 Å². The summed E-state index contributed by atoms with van der Waals surface area (Å²) in [4.78, 5) is 2.33. The second-order valence-corrected chi connectivity index (χ2v) is 6.11. The van der Waals surface area contributed by atoms with Crippen LogP contribution >= 0.6 is 0 Å². The van der Waals surface area contributed by atoms with Gasteiger partial charge >= 0.3 is 0 Å². The van der Waals surface area contributed by atoms with E-state index in [1.807, 2.05) is 6.07 Å². The van der Waals surface area contributed by atoms with Crippen molar-refractivity contribution in [3.8, 4) is 11.5 Å². The van der Waals surface area contributed by atoms with Crippen LogP contribution in [0, 0.1) is 5.41 Å². The van der Waals surface area contributed by atoms with Crippen LogP contribution in [0.25, 0.3) is 0 Å². The molecular formula is C16H24N2O2. The van der Waals surface area contributed by atoms with Gasteiger partial charge in [-0.2, -0.15) is 0 Å². The highest BCUT2D eigenvalue weighted by Gasteiger charge is 2.37. The average Bonchev–Trinajstić information content (AvgIpc) is 2.86. The van der Waals surface area contributed by atoms with Crippen molar-refractivity contribution in [2.75, 3.05) is 45.8 Å². The molecule has 4 heteroatoms. The van der Waals surface area contributed by atoms with Crippen molar-refractivity contribution in [1.29, 1.82) is 0 Å². The number of methoxy groups -OCH3 is 2. The van der Waals surface area contributed by atoms with Crippen LogP contribution in [0.5, 0.6) is 11.5 Å². The van der Waals surface area contributed by atoms with Gasteiger partial charge in [0.25, 0.3) is 0 Å². The highest BCUT2D eigenvalue weighted by atomic mass is 16.5. The number of nitrogens with zero attached hydrogens (tertiary/aromatic N) is 1. The largest absolute Gasteiger partial charge is 0.497 e. The summed E-state index contributed by atoms with van der Waals surface area (Å²) in [5.41, 5.74) is 2.98. The van der Waals surface area contributed by atoms with Gasteiger partial charge in [0.2, 0.25) is 0 Å². The van der Waals surface area contributed by atoms with Crippen LogP contribution in [0.3, 0.4) is 0 Å². The van der Waals surface area contributed by atoms with E-state index in [0.717, 1.165) is 37.6 Å². The number of hydrogen-bond donors (Lipinski definition) is 1. The minimum Gasteiger partial charge on any atom is -0.497 e. The fourth-order valence-corrected chi connectivity index (χ4v) is 3.65. The molecule has 0 aliphatic carbocycles. The highest BCUT2D eigenvalue weighted by Crippen LogP contribution is 2.44. The van der Waals surface area contributed by atoms with E-state index in [1.165, 1.54) is 24.1 Å². The smallest absolute Gasteiger partial charge is 0.146 e. The molecule has 3 rings (SSSR count). The number of rotatable bonds is 2. The summed E-state index contributed by atoms with van der Waals surface area (Å²) < 4.78 is 11.0. The minimum atomic E-state index is 0.400. The van der Waals surface area contributed by atoms with E-state index in [2.05, 4.69) is 23.3 Å². The Morgan fingerprint density at radius 2 is 2.05 bits per heavy atom. The van der Waals surface area contributed by atoms with Gasteiger partial charge < -0.3 is 19.7 Å². The predicted octanol–water partition coefficient (Wildman–Crippen LogP) is 2.07. The Morgan fingerprint density at radius 3 is 2.70 bits per heavy atom. The fraction of sp³-hybridized carbons (Fsp3) is 0.625. The Morgan fingerprint density at radius 1 is 1.20 bits per heavy atom. The second kappa shape index (κ2) is 5.17. The first-order valence-electron chi connectivity index (χ1n) is 7.34. The van der Waals surface area contributed by atoms with Gasteiger partial charge in [-0.3, -0.25) is 0 Å². The lowest BCUT2D eigenvalue weighted by molar-refractivity contribution is 0.303. The van der Waals surface area contributed by atoms with E-state index in [1.54, 1.807) is 14.2 Å². The molecule has 1 saturated heterocycles. The van der Waals surface area contributed by atoms with Crippen molar-refractivity contribution in [3.05, 3.63) is 17.7 Å². The zero-order valence-electron chi connectivity index (χ0n) is 12.7. The number of anilines is 1. The Bertz CT molecular complexity index is 495. The van der Waals surface area contributed by atoms with Crippen LogP contribution in [0.4, 0.5) is 5.69 Å². The lowest BCUT2D eigenvalue weighted by atomic mass is 9.78. The van der Waals surface area contributed by atoms with Gasteiger partial charge in [0.1, 0.15) is 11.5 Å². The van der Waals surface area contributed by atoms with Crippen LogP contribution in [-0.4, -0.2) is 40.9 Å². The zero-order chi connectivity index (χ0) is 14.2. The number of nitrogens with one attached hydrogen (secondary N) is 1. The summed E-state index contributed by atoms with van der Waals surface area (Å²) in [6.45, 7) is 3.34. The van der Waals surface area contributed by atoms with E-state index < -0.39 is 0 Å². The standard InChI is InChI=1S/C16H24N2O2/c1-18-7-5-16(4-6-17-11-16)10-12-8-13(19-2)9-14(20-3)15(12)18/h8-9,17H,4-7,10-11H2,1-3H3. The van der Waals surface area contributed by atoms with Crippen molar-refractivity contribution in [2.24, 2.45) is 5.41 Å². The first-order chi connectivity index (χ1) is 9.67. The number of fused-ring (bicyclic) bond motifs is 1. The van der Waals surface area contributed by atoms with E-state index in [0.29, 0.717) is 5.41 Å². The molecule has 0 bridgehead atoms. The fourth-order valence-electron chi connectivity index (χ4n) is 3.65. The first kappa shape index (κ1) is 13.6. The van der Waals surface area contributed by atoms with Crippen molar-refractivity contribution < 1.29 is 9.47 Å². The Labute approximate surface area is 121 Å². The summed E-state index contributed by atoms with van der Waals surface area (Å²) in [5.74, 6) is 1.81. The molecule has 1 aromatic rings. The molecule has 1 N–H and O–H groups in total. The van der Waals surface area contributed by atoms with Gasteiger partial charge in [-0.15, -0.1) is 0 Å². The van der Waals surface area contributed by atoms with Gasteiger partial charge in [0.15, 0.2) is 0 Å². The number of ether oxygens (including phenoxy) is 2. The summed E-state index contributed by atoms with van der Waals surface area (Å²) in [6.07, 6.45) is 3.60. The molecule has 110 valence electrons. The lowest BCUT2D eigenvalue weighted by Crippen LogP contribution is -2.28. The molecule has 20 heavy (non-hydrogen) atoms. The normalized spacial score (nSPS) is 25.4. The van der Waals surface area contributed by atoms with Crippen LogP contribution in [0.15, 0.2) is 12.1 Å². The Balaban J connectivity index is 2.07. The molecule has 0 amide bonds. The molecule has 1 fully saturated rings. The topological polar surface area (TPSA) is 33.7 Å². The summed E-state index contributed by atoms with van der Waals surface area (Å²) in [7, 11) is 5.62. The maximum Gasteiger partial charge on any atom is 0.146 e. The molecule has 1 atom stereocenters. The SMILES string of the molecule is COc1cc2c(c(OC)c1)N(C)CCC1(CCNC1)C2. The van der Waals surface area contributed by atoms with Gasteiger partial charge in [0.05, 0.1) is 19.9 Å². The van der Waals surface area contributed by atoms with Crippen molar-refractivity contribution in [2.45, 2.75) is 19.3 Å². The van der Waals surface area contributed by atoms with Gasteiger partial charge in [-0.25, -0.2) is 0 Å². The minimum absolute atomic E-state index is 0.400. The molecule has 1 aromatic carbocycles. The van der Waals surface area contributed by atoms with Crippen molar-refractivity contribution in [3.63, 3.8) is 0 Å². The summed E-state index contributed by atoms with van der Waals surface area (Å²) in [5, 5.41) is 3.53. The zero-order valence-corrected chi connectivity index (χ0v) is 12.7. The van der Waals surface area contributed by atoms with E-state index in [4.69, 9.17) is 9.47 Å². The molecule has 1 spiro atoms. The van der Waals surface area contributed by atoms with Crippen LogP contribution < -0.4 is 19.7 Å². The molecule has 4 nitrogen and oxygen atoms in total. The summed E-state index contributed by atoms with van der Waals surface area (Å²) >= 11 is 0. The highest BCUT2D eigenvalue weighted by molar-refractivity contribution is 5.67. The van der Waals surface area contributed by atoms with Crippen molar-refractivity contribution in [1.82, 2.24) is 5.32 Å². The Kier molecular flexibility index (Phi) is 3.50. The van der Waals surface area contributed by atoms with Gasteiger partial charge in [-0.1, -0.05) is 0 Å². The van der Waals surface area contributed by atoms with Crippen LogP contribution in [0.2, 0.25) is 0 Å². The molecule has 0 aromatic heterocycles. The molecule has 0 saturated carbocycles. The van der Waals surface area contributed by atoms with Crippen LogP contribution in [0.1, 0.15) is 18.4 Å². The Hall–Kier alpha value is -1.42. The molecule has 2 heterocycles. The maximum absolute atomic E-state index is 5.59. The van der Waals surface area contributed by atoms with Crippen molar-refractivity contribution >= 4 is 5.69 Å². The average molecular weight is 276 g/mol. The van der Waals surface area contributed by atoms with E-state index in [-0.39, 0.29) is 0 Å². The van der Waals surface area contributed by atoms with E-state index >= 15 is 0 Å². The third-order valence-electron chi connectivity index (χ3n) is 4.84. The van der Waals surface area contributed by atoms with E-state index in [9.17, 15) is 0 Å². The lowest BCUT2D eigenvalue weighted by Gasteiger charge is -2.26. The van der Waals surface area contributed by atoms with Gasteiger partial charge in [0, 0.05) is 26.2 Å². The third-order valence-corrected chi connectivity index (χ3v) is 4.84. The third kappa shape index (κ3) is 2.22. The molecule has 2 aliphatic heterocycles. The quantitative estimate of drug-likeness (QED) is 0.896. The molecule has 2 aliphatic rings. The molecule has 0 radical (unpaired) electrons. The monoisotopic (exact) mass is 276 g/mol. The number of benzene rings is 1. The molecular weight excluding hydrogens is 252 g/mol. The predicted molar refractivity (Wildman–Crippen MR) is 81.1 cm³/mol. The van der Waals surface area contributed by atoms with Gasteiger partial charge in [-0.05, 0) is 42.9 Å².